The van der Waals surface area contributed by atoms with Gasteiger partial charge in [-0.3, -0.25) is 4.79 Å². The summed E-state index contributed by atoms with van der Waals surface area (Å²) in [6.07, 6.45) is 0.830. The van der Waals surface area contributed by atoms with Crippen LogP contribution >= 0.6 is 0 Å². The maximum atomic E-state index is 12.5. The van der Waals surface area contributed by atoms with E-state index in [9.17, 15) is 4.79 Å². The molecule has 0 aliphatic carbocycles. The van der Waals surface area contributed by atoms with Crippen molar-refractivity contribution in [3.63, 3.8) is 0 Å². The molecule has 1 aromatic heterocycles. The lowest BCUT2D eigenvalue weighted by Gasteiger charge is -2.11. The van der Waals surface area contributed by atoms with Crippen LogP contribution in [0.2, 0.25) is 0 Å². The van der Waals surface area contributed by atoms with E-state index in [1.165, 1.54) is 0 Å². The van der Waals surface area contributed by atoms with Gasteiger partial charge in [-0.1, -0.05) is 12.1 Å². The highest BCUT2D eigenvalue weighted by molar-refractivity contribution is 6.03. The fraction of sp³-hybridized carbons (Fsp3) is 0.353. The summed E-state index contributed by atoms with van der Waals surface area (Å²) in [4.78, 5) is 21.0. The minimum Gasteiger partial charge on any atom is -0.495 e. The number of hydrogen-bond donors (Lipinski definition) is 2. The van der Waals surface area contributed by atoms with Crippen LogP contribution in [0.1, 0.15) is 22.6 Å². The Morgan fingerprint density at radius 2 is 2.00 bits per heavy atom. The number of ether oxygens (including phenoxy) is 2. The van der Waals surface area contributed by atoms with E-state index in [2.05, 4.69) is 20.6 Å². The summed E-state index contributed by atoms with van der Waals surface area (Å²) < 4.78 is 10.2. The standard InChI is InChI=1S/C17H22N4O3/c1-12-11-14(21-17(19-12)18-9-6-10-23-2)16(22)20-13-7-4-5-8-15(13)24-3/h4-5,7-8,11H,6,9-10H2,1-3H3,(H,20,22)(H,18,19,21). The number of carbonyl (C=O) groups excluding carboxylic acids is 1. The molecule has 0 saturated heterocycles. The van der Waals surface area contributed by atoms with Crippen LogP contribution in [0.15, 0.2) is 30.3 Å². The molecule has 24 heavy (non-hydrogen) atoms. The number of anilines is 2. The SMILES string of the molecule is COCCCNc1nc(C)cc(C(=O)Nc2ccccc2OC)n1. The Hall–Kier alpha value is -2.67. The van der Waals surface area contributed by atoms with Crippen molar-refractivity contribution in [3.05, 3.63) is 41.7 Å². The summed E-state index contributed by atoms with van der Waals surface area (Å²) in [6, 6.07) is 8.86. The molecule has 1 aromatic carbocycles. The topological polar surface area (TPSA) is 85.4 Å². The number of aromatic nitrogens is 2. The number of amides is 1. The van der Waals surface area contributed by atoms with E-state index in [-0.39, 0.29) is 5.91 Å². The Kier molecular flexibility index (Phi) is 6.51. The number of rotatable bonds is 8. The lowest BCUT2D eigenvalue weighted by atomic mass is 10.2. The predicted molar refractivity (Wildman–Crippen MR) is 92.7 cm³/mol. The van der Waals surface area contributed by atoms with Crippen molar-refractivity contribution in [3.8, 4) is 5.75 Å². The molecule has 2 aromatic rings. The normalized spacial score (nSPS) is 10.3. The van der Waals surface area contributed by atoms with Gasteiger partial charge in [0.1, 0.15) is 11.4 Å². The molecule has 0 fully saturated rings. The second kappa shape index (κ2) is 8.83. The van der Waals surface area contributed by atoms with Gasteiger partial charge in [0.2, 0.25) is 5.95 Å². The van der Waals surface area contributed by atoms with Crippen LogP contribution in [-0.2, 0) is 4.74 Å². The number of nitrogens with zero attached hydrogens (tertiary/aromatic N) is 2. The lowest BCUT2D eigenvalue weighted by Crippen LogP contribution is -2.17. The molecule has 0 aliphatic heterocycles. The monoisotopic (exact) mass is 330 g/mol. The maximum Gasteiger partial charge on any atom is 0.274 e. The second-order valence-electron chi connectivity index (χ2n) is 5.15. The van der Waals surface area contributed by atoms with Gasteiger partial charge in [0, 0.05) is 26.0 Å². The Morgan fingerprint density at radius 3 is 2.75 bits per heavy atom. The highest BCUT2D eigenvalue weighted by atomic mass is 16.5. The number of aryl methyl sites for hydroxylation is 1. The van der Waals surface area contributed by atoms with Crippen LogP contribution < -0.4 is 15.4 Å². The first-order chi connectivity index (χ1) is 11.6. The van der Waals surface area contributed by atoms with Crippen LogP contribution in [0.5, 0.6) is 5.75 Å². The van der Waals surface area contributed by atoms with Gasteiger partial charge >= 0.3 is 0 Å². The van der Waals surface area contributed by atoms with Gasteiger partial charge < -0.3 is 20.1 Å². The van der Waals surface area contributed by atoms with Gasteiger partial charge in [0.25, 0.3) is 5.91 Å². The summed E-state index contributed by atoms with van der Waals surface area (Å²) in [5, 5.41) is 5.90. The van der Waals surface area contributed by atoms with Crippen molar-refractivity contribution in [1.82, 2.24) is 9.97 Å². The van der Waals surface area contributed by atoms with E-state index >= 15 is 0 Å². The van der Waals surface area contributed by atoms with Crippen LogP contribution in [0.3, 0.4) is 0 Å². The minimum absolute atomic E-state index is 0.294. The predicted octanol–water partition coefficient (Wildman–Crippen LogP) is 2.49. The zero-order valence-corrected chi connectivity index (χ0v) is 14.1. The fourth-order valence-corrected chi connectivity index (χ4v) is 2.11. The first-order valence-corrected chi connectivity index (χ1v) is 7.67. The molecule has 0 saturated carbocycles. The molecule has 0 bridgehead atoms. The molecule has 7 heteroatoms. The zero-order valence-electron chi connectivity index (χ0n) is 14.1. The molecular weight excluding hydrogens is 308 g/mol. The van der Waals surface area contributed by atoms with Crippen molar-refractivity contribution in [2.75, 3.05) is 38.0 Å². The van der Waals surface area contributed by atoms with Gasteiger partial charge in [0.05, 0.1) is 12.8 Å². The van der Waals surface area contributed by atoms with Crippen molar-refractivity contribution >= 4 is 17.5 Å². The minimum atomic E-state index is -0.315. The quantitative estimate of drug-likeness (QED) is 0.723. The van der Waals surface area contributed by atoms with E-state index in [0.29, 0.717) is 41.9 Å². The summed E-state index contributed by atoms with van der Waals surface area (Å²) in [7, 11) is 3.21. The fourth-order valence-electron chi connectivity index (χ4n) is 2.11. The van der Waals surface area contributed by atoms with Crippen LogP contribution in [-0.4, -0.2) is 43.2 Å². The van der Waals surface area contributed by atoms with Gasteiger partial charge in [-0.2, -0.15) is 0 Å². The van der Waals surface area contributed by atoms with Crippen molar-refractivity contribution < 1.29 is 14.3 Å². The number of nitrogens with one attached hydrogen (secondary N) is 2. The van der Waals surface area contributed by atoms with E-state index in [0.717, 1.165) is 6.42 Å². The van der Waals surface area contributed by atoms with E-state index in [1.54, 1.807) is 32.4 Å². The third-order valence-corrected chi connectivity index (χ3v) is 3.25. The van der Waals surface area contributed by atoms with Gasteiger partial charge in [-0.05, 0) is 31.5 Å². The third kappa shape index (κ3) is 4.92. The number of benzene rings is 1. The van der Waals surface area contributed by atoms with Crippen molar-refractivity contribution in [2.24, 2.45) is 0 Å². The van der Waals surface area contributed by atoms with Crippen LogP contribution in [0, 0.1) is 6.92 Å². The number of para-hydroxylation sites is 2. The number of methoxy groups -OCH3 is 2. The smallest absolute Gasteiger partial charge is 0.274 e. The van der Waals surface area contributed by atoms with Gasteiger partial charge in [0.15, 0.2) is 0 Å². The molecule has 0 aliphatic rings. The molecule has 0 spiro atoms. The van der Waals surface area contributed by atoms with E-state index < -0.39 is 0 Å². The van der Waals surface area contributed by atoms with Gasteiger partial charge in [-0.15, -0.1) is 0 Å². The molecule has 1 amide bonds. The molecule has 2 rings (SSSR count). The van der Waals surface area contributed by atoms with Crippen molar-refractivity contribution in [1.29, 1.82) is 0 Å². The van der Waals surface area contributed by atoms with Crippen LogP contribution in [0.25, 0.3) is 0 Å². The molecule has 7 nitrogen and oxygen atoms in total. The van der Waals surface area contributed by atoms with Gasteiger partial charge in [-0.25, -0.2) is 9.97 Å². The Morgan fingerprint density at radius 1 is 1.21 bits per heavy atom. The molecule has 0 radical (unpaired) electrons. The third-order valence-electron chi connectivity index (χ3n) is 3.25. The highest BCUT2D eigenvalue weighted by Crippen LogP contribution is 2.23. The first kappa shape index (κ1) is 17.7. The van der Waals surface area contributed by atoms with E-state index in [1.807, 2.05) is 19.1 Å². The number of carbonyl (C=O) groups is 1. The largest absolute Gasteiger partial charge is 0.495 e. The first-order valence-electron chi connectivity index (χ1n) is 7.67. The molecule has 128 valence electrons. The molecule has 1 heterocycles. The molecular formula is C17H22N4O3. The summed E-state index contributed by atoms with van der Waals surface area (Å²) in [5.74, 6) is 0.704. The lowest BCUT2D eigenvalue weighted by molar-refractivity contribution is 0.102. The Balaban J connectivity index is 2.09. The van der Waals surface area contributed by atoms with E-state index in [4.69, 9.17) is 9.47 Å². The Bertz CT molecular complexity index is 691. The highest BCUT2D eigenvalue weighted by Gasteiger charge is 2.13. The Labute approximate surface area is 141 Å². The van der Waals surface area contributed by atoms with Crippen LogP contribution in [0.4, 0.5) is 11.6 Å². The number of hydrogen-bond acceptors (Lipinski definition) is 6. The summed E-state index contributed by atoms with van der Waals surface area (Å²) >= 11 is 0. The maximum absolute atomic E-state index is 12.5. The molecule has 0 unspecified atom stereocenters. The zero-order chi connectivity index (χ0) is 17.4. The van der Waals surface area contributed by atoms with Crippen molar-refractivity contribution in [2.45, 2.75) is 13.3 Å². The molecule has 0 atom stereocenters. The summed E-state index contributed by atoms with van der Waals surface area (Å²) in [6.45, 7) is 3.15. The average Bonchev–Trinajstić information content (AvgIpc) is 2.58. The summed E-state index contributed by atoms with van der Waals surface area (Å²) in [5.41, 5.74) is 1.60. The molecule has 2 N–H and O–H groups in total. The second-order valence-corrected chi connectivity index (χ2v) is 5.15. The average molecular weight is 330 g/mol.